The molecule has 0 aliphatic carbocycles. The monoisotopic (exact) mass is 490 g/mol. The Labute approximate surface area is 214 Å². The Morgan fingerprint density at radius 2 is 1.54 bits per heavy atom. The number of benzene rings is 4. The quantitative estimate of drug-likeness (QED) is 0.207. The molecule has 172 valence electrons. The van der Waals surface area contributed by atoms with E-state index in [2.05, 4.69) is 106 Å². The molecule has 0 spiro atoms. The fourth-order valence-electron chi connectivity index (χ4n) is 5.95. The van der Waals surface area contributed by atoms with Gasteiger partial charge in [0.2, 0.25) is 5.69 Å². The molecule has 1 aliphatic heterocycles. The molecular weight excluding hydrogens is 462 g/mol. The van der Waals surface area contributed by atoms with Gasteiger partial charge in [0.15, 0.2) is 6.20 Å². The van der Waals surface area contributed by atoms with Gasteiger partial charge < -0.3 is 0 Å². The average molecular weight is 491 g/mol. The van der Waals surface area contributed by atoms with E-state index in [1.807, 2.05) is 23.1 Å². The number of aromatic nitrogens is 1. The normalized spacial score (nSPS) is 13.3. The average Bonchev–Trinajstić information content (AvgIpc) is 3.21. The summed E-state index contributed by atoms with van der Waals surface area (Å²) in [5, 5.41) is 8.35. The number of aryl methyl sites for hydroxylation is 2. The van der Waals surface area contributed by atoms with Gasteiger partial charge in [-0.1, -0.05) is 75.0 Å². The number of thiophene rings is 1. The second kappa shape index (κ2) is 7.32. The van der Waals surface area contributed by atoms with E-state index in [9.17, 15) is 0 Å². The van der Waals surface area contributed by atoms with Crippen LogP contribution in [0.5, 0.6) is 0 Å². The van der Waals surface area contributed by atoms with Crippen LogP contribution in [0.3, 0.4) is 0 Å². The lowest BCUT2D eigenvalue weighted by Gasteiger charge is -2.28. The standard InChI is InChI=1S/C32H28NS2/c1-18-19-10-6-7-11-20(19)24(17-32(2,3)4)31-27(18)29-28-22(14-15-33(29)5)30-23(16-26(28)35-31)21-12-8-9-13-25(21)34-30/h6-16H,17H2,1-5H3/q+1. The van der Waals surface area contributed by atoms with Crippen molar-refractivity contribution in [2.24, 2.45) is 12.5 Å². The van der Waals surface area contributed by atoms with E-state index in [1.54, 1.807) is 0 Å². The topological polar surface area (TPSA) is 3.88 Å². The zero-order valence-electron chi connectivity index (χ0n) is 20.8. The summed E-state index contributed by atoms with van der Waals surface area (Å²) in [6, 6.07) is 22.7. The van der Waals surface area contributed by atoms with Crippen molar-refractivity contribution in [1.82, 2.24) is 0 Å². The Morgan fingerprint density at radius 3 is 2.31 bits per heavy atom. The second-order valence-electron chi connectivity index (χ2n) is 11.1. The highest BCUT2D eigenvalue weighted by molar-refractivity contribution is 8.00. The highest BCUT2D eigenvalue weighted by atomic mass is 32.2. The summed E-state index contributed by atoms with van der Waals surface area (Å²) in [7, 11) is 2.21. The molecule has 0 fully saturated rings. The molecule has 7 rings (SSSR count). The third-order valence-corrected chi connectivity index (χ3v) is 9.83. The van der Waals surface area contributed by atoms with Crippen LogP contribution in [0.15, 0.2) is 76.7 Å². The van der Waals surface area contributed by atoms with Crippen LogP contribution in [0.25, 0.3) is 53.0 Å². The number of hydrogen-bond acceptors (Lipinski definition) is 2. The molecular formula is C32H28NS2+. The Kier molecular flexibility index (Phi) is 4.47. The summed E-state index contributed by atoms with van der Waals surface area (Å²) >= 11 is 3.93. The van der Waals surface area contributed by atoms with Crippen molar-refractivity contribution < 1.29 is 4.57 Å². The minimum absolute atomic E-state index is 0.203. The Hall–Kier alpha value is -2.88. The summed E-state index contributed by atoms with van der Waals surface area (Å²) < 4.78 is 5.13. The van der Waals surface area contributed by atoms with Gasteiger partial charge in [0.05, 0.1) is 10.9 Å². The van der Waals surface area contributed by atoms with Gasteiger partial charge in [-0.3, -0.25) is 0 Å². The molecule has 0 bridgehead atoms. The minimum atomic E-state index is 0.203. The first-order valence-corrected chi connectivity index (χ1v) is 13.9. The van der Waals surface area contributed by atoms with Gasteiger partial charge in [0.1, 0.15) is 7.05 Å². The Morgan fingerprint density at radius 1 is 0.829 bits per heavy atom. The van der Waals surface area contributed by atoms with Crippen LogP contribution in [-0.4, -0.2) is 0 Å². The summed E-state index contributed by atoms with van der Waals surface area (Å²) in [6.45, 7) is 9.40. The molecule has 3 heterocycles. The van der Waals surface area contributed by atoms with Crippen LogP contribution < -0.4 is 4.57 Å². The van der Waals surface area contributed by atoms with Crippen LogP contribution in [0.1, 0.15) is 31.9 Å². The van der Waals surface area contributed by atoms with Crippen LogP contribution in [-0.2, 0) is 13.5 Å². The summed E-state index contributed by atoms with van der Waals surface area (Å²) in [4.78, 5) is 2.84. The highest BCUT2D eigenvalue weighted by Crippen LogP contribution is 2.54. The molecule has 1 nitrogen and oxygen atoms in total. The van der Waals surface area contributed by atoms with Crippen LogP contribution in [0, 0.1) is 12.3 Å². The van der Waals surface area contributed by atoms with E-state index < -0.39 is 0 Å². The molecule has 0 atom stereocenters. The van der Waals surface area contributed by atoms with E-state index in [0.29, 0.717) is 0 Å². The maximum atomic E-state index is 2.47. The third-order valence-electron chi connectivity index (χ3n) is 7.41. The van der Waals surface area contributed by atoms with Crippen molar-refractivity contribution in [2.75, 3.05) is 0 Å². The van der Waals surface area contributed by atoms with Gasteiger partial charge in [-0.05, 0) is 52.8 Å². The zero-order chi connectivity index (χ0) is 24.1. The second-order valence-corrected chi connectivity index (χ2v) is 13.2. The molecule has 6 aromatic rings. The van der Waals surface area contributed by atoms with Crippen LogP contribution >= 0.6 is 23.1 Å². The maximum Gasteiger partial charge on any atom is 0.222 e. The Bertz CT molecular complexity index is 1850. The van der Waals surface area contributed by atoms with Gasteiger partial charge in [-0.15, -0.1) is 11.3 Å². The summed E-state index contributed by atoms with van der Waals surface area (Å²) in [6.07, 6.45) is 3.32. The number of pyridine rings is 1. The lowest BCUT2D eigenvalue weighted by Crippen LogP contribution is -2.32. The van der Waals surface area contributed by atoms with E-state index in [-0.39, 0.29) is 5.41 Å². The van der Waals surface area contributed by atoms with E-state index in [0.717, 1.165) is 6.42 Å². The first-order chi connectivity index (χ1) is 16.8. The molecule has 0 radical (unpaired) electrons. The molecule has 0 unspecified atom stereocenters. The summed E-state index contributed by atoms with van der Waals surface area (Å²) in [5.41, 5.74) is 5.88. The number of fused-ring (bicyclic) bond motifs is 7. The highest BCUT2D eigenvalue weighted by Gasteiger charge is 2.33. The predicted molar refractivity (Wildman–Crippen MR) is 153 cm³/mol. The van der Waals surface area contributed by atoms with E-state index >= 15 is 0 Å². The van der Waals surface area contributed by atoms with Crippen molar-refractivity contribution in [3.63, 3.8) is 0 Å². The molecule has 2 aromatic heterocycles. The van der Waals surface area contributed by atoms with E-state index in [1.165, 1.54) is 73.9 Å². The lowest BCUT2D eigenvalue weighted by molar-refractivity contribution is -0.659. The first kappa shape index (κ1) is 21.4. The predicted octanol–water partition coefficient (Wildman–Crippen LogP) is 9.21. The zero-order valence-corrected chi connectivity index (χ0v) is 22.5. The Balaban J connectivity index is 1.68. The maximum absolute atomic E-state index is 2.47. The smallest absolute Gasteiger partial charge is 0.200 e. The van der Waals surface area contributed by atoms with Crippen molar-refractivity contribution in [3.05, 3.63) is 78.0 Å². The lowest BCUT2D eigenvalue weighted by atomic mass is 9.83. The molecule has 0 N–H and O–H groups in total. The first-order valence-electron chi connectivity index (χ1n) is 12.3. The molecule has 0 saturated heterocycles. The largest absolute Gasteiger partial charge is 0.222 e. The van der Waals surface area contributed by atoms with Crippen molar-refractivity contribution in [2.45, 2.75) is 43.9 Å². The SMILES string of the molecule is Cc1c2c(c(CC(C)(C)C)c3ccccc13)Sc1cc3c4ccccc4sc3c3cc[n+](C)c-2c13. The number of rotatable bonds is 1. The molecule has 1 aliphatic rings. The minimum Gasteiger partial charge on any atom is -0.200 e. The van der Waals surface area contributed by atoms with Crippen molar-refractivity contribution in [3.8, 4) is 11.3 Å². The van der Waals surface area contributed by atoms with Crippen molar-refractivity contribution >= 4 is 64.8 Å². The van der Waals surface area contributed by atoms with E-state index in [4.69, 9.17) is 0 Å². The van der Waals surface area contributed by atoms with Gasteiger partial charge >= 0.3 is 0 Å². The summed E-state index contributed by atoms with van der Waals surface area (Å²) in [5.74, 6) is 0. The van der Waals surface area contributed by atoms with Crippen LogP contribution in [0.4, 0.5) is 0 Å². The van der Waals surface area contributed by atoms with Gasteiger partial charge in [-0.2, -0.15) is 0 Å². The molecule has 3 heteroatoms. The van der Waals surface area contributed by atoms with Gasteiger partial charge in [-0.25, -0.2) is 4.57 Å². The van der Waals surface area contributed by atoms with Gasteiger partial charge in [0.25, 0.3) is 0 Å². The van der Waals surface area contributed by atoms with Gasteiger partial charge in [0, 0.05) is 41.4 Å². The fraction of sp³-hybridized carbons (Fsp3) is 0.219. The van der Waals surface area contributed by atoms with Crippen molar-refractivity contribution in [1.29, 1.82) is 0 Å². The molecule has 35 heavy (non-hydrogen) atoms. The molecule has 4 aromatic carbocycles. The number of hydrogen-bond donors (Lipinski definition) is 0. The number of nitrogens with zero attached hydrogens (tertiary/aromatic N) is 1. The molecule has 0 saturated carbocycles. The molecule has 0 amide bonds. The fourth-order valence-corrected chi connectivity index (χ4v) is 8.52. The van der Waals surface area contributed by atoms with Crippen LogP contribution in [0.2, 0.25) is 0 Å². The third kappa shape index (κ3) is 3.04.